The van der Waals surface area contributed by atoms with Crippen molar-refractivity contribution in [1.82, 2.24) is 15.2 Å². The average molecular weight is 199 g/mol. The predicted octanol–water partition coefficient (Wildman–Crippen LogP) is 2.60. The summed E-state index contributed by atoms with van der Waals surface area (Å²) in [5.74, 6) is 2.05. The van der Waals surface area contributed by atoms with Crippen LogP contribution < -0.4 is 0 Å². The van der Waals surface area contributed by atoms with Crippen molar-refractivity contribution in [2.45, 2.75) is 44.7 Å². The molecule has 1 heterocycles. The molecule has 0 saturated carbocycles. The van der Waals surface area contributed by atoms with Crippen molar-refractivity contribution in [3.05, 3.63) is 5.82 Å². The van der Waals surface area contributed by atoms with Gasteiger partial charge in [-0.2, -0.15) is 0 Å². The first-order valence-electron chi connectivity index (χ1n) is 4.59. The molecule has 0 amide bonds. The highest BCUT2D eigenvalue weighted by molar-refractivity contribution is 7.99. The molecule has 0 aliphatic rings. The van der Waals surface area contributed by atoms with Gasteiger partial charge in [-0.1, -0.05) is 39.5 Å². The second-order valence-corrected chi connectivity index (χ2v) is 5.13. The molecule has 4 heteroatoms. The number of rotatable bonds is 3. The first-order chi connectivity index (χ1) is 6.04. The van der Waals surface area contributed by atoms with Gasteiger partial charge in [-0.3, -0.25) is 5.10 Å². The van der Waals surface area contributed by atoms with Gasteiger partial charge in [0.2, 0.25) is 5.16 Å². The summed E-state index contributed by atoms with van der Waals surface area (Å²) in [5.41, 5.74) is 0.0675. The molecule has 74 valence electrons. The SMILES string of the molecule is CCCSc1n[nH]c(C(C)(C)C)n1. The van der Waals surface area contributed by atoms with Crippen molar-refractivity contribution in [3.8, 4) is 0 Å². The molecule has 0 spiro atoms. The molecule has 0 unspecified atom stereocenters. The summed E-state index contributed by atoms with van der Waals surface area (Å²) < 4.78 is 0. The van der Waals surface area contributed by atoms with Crippen LogP contribution in [-0.4, -0.2) is 20.9 Å². The molecule has 0 saturated heterocycles. The van der Waals surface area contributed by atoms with Crippen molar-refractivity contribution in [2.75, 3.05) is 5.75 Å². The Morgan fingerprint density at radius 2 is 2.08 bits per heavy atom. The van der Waals surface area contributed by atoms with Gasteiger partial charge in [0.1, 0.15) is 5.82 Å². The fourth-order valence-corrected chi connectivity index (χ4v) is 1.49. The second-order valence-electron chi connectivity index (χ2n) is 4.07. The van der Waals surface area contributed by atoms with Gasteiger partial charge >= 0.3 is 0 Å². The molecule has 0 radical (unpaired) electrons. The van der Waals surface area contributed by atoms with Crippen LogP contribution >= 0.6 is 11.8 Å². The van der Waals surface area contributed by atoms with E-state index in [2.05, 4.69) is 42.9 Å². The monoisotopic (exact) mass is 199 g/mol. The van der Waals surface area contributed by atoms with Gasteiger partial charge < -0.3 is 0 Å². The van der Waals surface area contributed by atoms with E-state index < -0.39 is 0 Å². The fourth-order valence-electron chi connectivity index (χ4n) is 0.840. The van der Waals surface area contributed by atoms with Crippen LogP contribution in [-0.2, 0) is 5.41 Å². The molecule has 0 aliphatic heterocycles. The van der Waals surface area contributed by atoms with Crippen LogP contribution in [0, 0.1) is 0 Å². The lowest BCUT2D eigenvalue weighted by atomic mass is 9.96. The topological polar surface area (TPSA) is 41.6 Å². The van der Waals surface area contributed by atoms with Gasteiger partial charge in [0, 0.05) is 11.2 Å². The van der Waals surface area contributed by atoms with E-state index in [-0.39, 0.29) is 5.41 Å². The highest BCUT2D eigenvalue weighted by Crippen LogP contribution is 2.21. The third-order valence-electron chi connectivity index (χ3n) is 1.61. The minimum absolute atomic E-state index is 0.0675. The molecular formula is C9H17N3S. The maximum Gasteiger partial charge on any atom is 0.208 e. The molecule has 0 atom stereocenters. The van der Waals surface area contributed by atoms with Crippen LogP contribution in [0.4, 0.5) is 0 Å². The molecule has 13 heavy (non-hydrogen) atoms. The molecular weight excluding hydrogens is 182 g/mol. The molecule has 0 fully saturated rings. The number of nitrogens with one attached hydrogen (secondary N) is 1. The normalized spacial score (nSPS) is 12.0. The zero-order chi connectivity index (χ0) is 9.90. The minimum atomic E-state index is 0.0675. The molecule has 3 nitrogen and oxygen atoms in total. The van der Waals surface area contributed by atoms with Gasteiger partial charge in [0.15, 0.2) is 0 Å². The van der Waals surface area contributed by atoms with Crippen molar-refractivity contribution < 1.29 is 0 Å². The maximum absolute atomic E-state index is 4.42. The van der Waals surface area contributed by atoms with E-state index in [0.29, 0.717) is 0 Å². The van der Waals surface area contributed by atoms with Crippen LogP contribution in [0.2, 0.25) is 0 Å². The number of H-pyrrole nitrogens is 1. The van der Waals surface area contributed by atoms with Gasteiger partial charge in [-0.05, 0) is 6.42 Å². The van der Waals surface area contributed by atoms with E-state index in [1.807, 2.05) is 0 Å². The van der Waals surface area contributed by atoms with E-state index in [1.54, 1.807) is 11.8 Å². The lowest BCUT2D eigenvalue weighted by Crippen LogP contribution is -2.13. The summed E-state index contributed by atoms with van der Waals surface area (Å²) >= 11 is 1.70. The largest absolute Gasteiger partial charge is 0.262 e. The lowest BCUT2D eigenvalue weighted by Gasteiger charge is -2.12. The molecule has 1 rings (SSSR count). The number of hydrogen-bond donors (Lipinski definition) is 1. The van der Waals surface area contributed by atoms with E-state index in [9.17, 15) is 0 Å². The van der Waals surface area contributed by atoms with E-state index >= 15 is 0 Å². The van der Waals surface area contributed by atoms with Gasteiger partial charge in [0.25, 0.3) is 0 Å². The Morgan fingerprint density at radius 3 is 2.54 bits per heavy atom. The molecule has 1 N–H and O–H groups in total. The molecule has 1 aromatic heterocycles. The number of aromatic amines is 1. The Hall–Kier alpha value is -0.510. The number of thioether (sulfide) groups is 1. The van der Waals surface area contributed by atoms with E-state index in [1.165, 1.54) is 0 Å². The molecule has 0 aromatic carbocycles. The van der Waals surface area contributed by atoms with E-state index in [0.717, 1.165) is 23.2 Å². The van der Waals surface area contributed by atoms with Crippen LogP contribution in [0.25, 0.3) is 0 Å². The fraction of sp³-hybridized carbons (Fsp3) is 0.778. The number of nitrogens with zero attached hydrogens (tertiary/aromatic N) is 2. The lowest BCUT2D eigenvalue weighted by molar-refractivity contribution is 0.547. The highest BCUT2D eigenvalue weighted by atomic mass is 32.2. The zero-order valence-corrected chi connectivity index (χ0v) is 9.53. The highest BCUT2D eigenvalue weighted by Gasteiger charge is 2.18. The van der Waals surface area contributed by atoms with Crippen molar-refractivity contribution in [1.29, 1.82) is 0 Å². The van der Waals surface area contributed by atoms with Crippen molar-refractivity contribution in [3.63, 3.8) is 0 Å². The Kier molecular flexibility index (Phi) is 3.36. The first-order valence-corrected chi connectivity index (χ1v) is 5.58. The van der Waals surface area contributed by atoms with Crippen molar-refractivity contribution >= 4 is 11.8 Å². The van der Waals surface area contributed by atoms with Gasteiger partial charge in [0.05, 0.1) is 0 Å². The standard InChI is InChI=1S/C9H17N3S/c1-5-6-13-8-10-7(11-12-8)9(2,3)4/h5-6H2,1-4H3,(H,10,11,12). The Bertz CT molecular complexity index is 262. The minimum Gasteiger partial charge on any atom is -0.262 e. The Morgan fingerprint density at radius 1 is 1.38 bits per heavy atom. The van der Waals surface area contributed by atoms with Crippen LogP contribution in [0.15, 0.2) is 5.16 Å². The summed E-state index contributed by atoms with van der Waals surface area (Å²) in [6.07, 6.45) is 1.16. The van der Waals surface area contributed by atoms with Crippen LogP contribution in [0.3, 0.4) is 0 Å². The smallest absolute Gasteiger partial charge is 0.208 e. The van der Waals surface area contributed by atoms with Crippen LogP contribution in [0.5, 0.6) is 0 Å². The second kappa shape index (κ2) is 4.13. The third kappa shape index (κ3) is 3.03. The summed E-state index contributed by atoms with van der Waals surface area (Å²) in [5, 5.41) is 7.99. The summed E-state index contributed by atoms with van der Waals surface area (Å²) in [7, 11) is 0. The average Bonchev–Trinajstić information content (AvgIpc) is 2.47. The number of hydrogen-bond acceptors (Lipinski definition) is 3. The van der Waals surface area contributed by atoms with Gasteiger partial charge in [-0.25, -0.2) is 4.98 Å². The van der Waals surface area contributed by atoms with Crippen molar-refractivity contribution in [2.24, 2.45) is 0 Å². The third-order valence-corrected chi connectivity index (χ3v) is 2.66. The summed E-state index contributed by atoms with van der Waals surface area (Å²) in [6, 6.07) is 0. The summed E-state index contributed by atoms with van der Waals surface area (Å²) in [6.45, 7) is 8.54. The quantitative estimate of drug-likeness (QED) is 0.761. The molecule has 1 aromatic rings. The predicted molar refractivity (Wildman–Crippen MR) is 56.1 cm³/mol. The zero-order valence-electron chi connectivity index (χ0n) is 8.72. The Balaban J connectivity index is 2.64. The maximum atomic E-state index is 4.42. The van der Waals surface area contributed by atoms with E-state index in [4.69, 9.17) is 0 Å². The van der Waals surface area contributed by atoms with Gasteiger partial charge in [-0.15, -0.1) is 5.10 Å². The Labute approximate surface area is 83.7 Å². The molecule has 0 bridgehead atoms. The first kappa shape index (κ1) is 10.6. The van der Waals surface area contributed by atoms with Crippen LogP contribution in [0.1, 0.15) is 39.9 Å². The number of aromatic nitrogens is 3. The molecule has 0 aliphatic carbocycles. The summed E-state index contributed by atoms with van der Waals surface area (Å²) in [4.78, 5) is 4.42.